The van der Waals surface area contributed by atoms with Crippen LogP contribution in [0, 0.1) is 19.3 Å². The van der Waals surface area contributed by atoms with Crippen LogP contribution >= 0.6 is 0 Å². The maximum atomic E-state index is 12.8. The second kappa shape index (κ2) is 4.57. The van der Waals surface area contributed by atoms with E-state index in [1.165, 1.54) is 16.7 Å². The fourth-order valence-corrected chi connectivity index (χ4v) is 3.33. The molecule has 1 spiro atoms. The summed E-state index contributed by atoms with van der Waals surface area (Å²) in [6.07, 6.45) is 1.99. The van der Waals surface area contributed by atoms with E-state index in [4.69, 9.17) is 0 Å². The molecule has 0 bridgehead atoms. The fraction of sp³-hybridized carbons (Fsp3) is 0.611. The molecule has 1 aliphatic heterocycles. The first-order valence-corrected chi connectivity index (χ1v) is 7.88. The summed E-state index contributed by atoms with van der Waals surface area (Å²) in [6, 6.07) is 6.52. The first-order valence-electron chi connectivity index (χ1n) is 7.88. The van der Waals surface area contributed by atoms with Crippen molar-refractivity contribution in [3.8, 4) is 0 Å². The van der Waals surface area contributed by atoms with Crippen LogP contribution in [0.5, 0.6) is 0 Å². The van der Waals surface area contributed by atoms with Gasteiger partial charge in [-0.1, -0.05) is 44.5 Å². The second-order valence-corrected chi connectivity index (χ2v) is 7.98. The van der Waals surface area contributed by atoms with E-state index in [2.05, 4.69) is 63.0 Å². The van der Waals surface area contributed by atoms with Crippen molar-refractivity contribution in [3.63, 3.8) is 0 Å². The molecule has 114 valence electrons. The second-order valence-electron chi connectivity index (χ2n) is 7.98. The van der Waals surface area contributed by atoms with Gasteiger partial charge >= 0.3 is 0 Å². The molecule has 1 aromatic carbocycles. The smallest absolute Gasteiger partial charge is 0.244 e. The highest BCUT2D eigenvalue weighted by Gasteiger charge is 2.59. The first-order chi connectivity index (χ1) is 9.72. The lowest BCUT2D eigenvalue weighted by molar-refractivity contribution is -0.132. The summed E-state index contributed by atoms with van der Waals surface area (Å²) in [7, 11) is 0. The van der Waals surface area contributed by atoms with Gasteiger partial charge < -0.3 is 4.90 Å². The van der Waals surface area contributed by atoms with Crippen molar-refractivity contribution in [2.24, 2.45) is 5.41 Å². The number of carbonyl (C=O) groups is 1. The van der Waals surface area contributed by atoms with Gasteiger partial charge in [0.25, 0.3) is 0 Å². The molecule has 1 saturated carbocycles. The summed E-state index contributed by atoms with van der Waals surface area (Å²) in [4.78, 5) is 14.9. The van der Waals surface area contributed by atoms with Crippen LogP contribution in [0.25, 0.3) is 0 Å². The van der Waals surface area contributed by atoms with Crippen molar-refractivity contribution in [3.05, 3.63) is 34.9 Å². The Morgan fingerprint density at radius 3 is 2.48 bits per heavy atom. The van der Waals surface area contributed by atoms with Crippen molar-refractivity contribution in [1.29, 1.82) is 0 Å². The molecule has 2 aliphatic rings. The predicted octanol–water partition coefficient (Wildman–Crippen LogP) is 3.31. The number of nitrogens with zero attached hydrogens (tertiary/aromatic N) is 1. The zero-order chi connectivity index (χ0) is 15.4. The van der Waals surface area contributed by atoms with Crippen molar-refractivity contribution >= 4 is 5.91 Å². The standard InChI is InChI=1S/C18H26N2O/c1-12-6-7-14(13(2)10-12)15-19-18(8-9-18)16(21)20(15)11-17(3,4)5/h6-7,10,15,19H,8-9,11H2,1-5H3. The number of hydrogen-bond donors (Lipinski definition) is 1. The number of amides is 1. The van der Waals surface area contributed by atoms with Gasteiger partial charge in [0.1, 0.15) is 11.7 Å². The highest BCUT2D eigenvalue weighted by molar-refractivity contribution is 5.92. The van der Waals surface area contributed by atoms with E-state index in [9.17, 15) is 4.79 Å². The molecule has 1 atom stereocenters. The van der Waals surface area contributed by atoms with Crippen molar-refractivity contribution in [2.75, 3.05) is 6.54 Å². The van der Waals surface area contributed by atoms with Gasteiger partial charge in [0.15, 0.2) is 0 Å². The lowest BCUT2D eigenvalue weighted by atomic mass is 9.95. The molecule has 0 radical (unpaired) electrons. The summed E-state index contributed by atoms with van der Waals surface area (Å²) in [5, 5.41) is 3.62. The van der Waals surface area contributed by atoms with E-state index in [0.29, 0.717) is 5.91 Å². The average molecular weight is 286 g/mol. The van der Waals surface area contributed by atoms with Crippen LogP contribution in [-0.4, -0.2) is 22.9 Å². The van der Waals surface area contributed by atoms with Gasteiger partial charge in [0.05, 0.1) is 0 Å². The van der Waals surface area contributed by atoms with Crippen LogP contribution < -0.4 is 5.32 Å². The quantitative estimate of drug-likeness (QED) is 0.904. The molecular formula is C18H26N2O. The van der Waals surface area contributed by atoms with Crippen molar-refractivity contribution < 1.29 is 4.79 Å². The predicted molar refractivity (Wildman–Crippen MR) is 84.9 cm³/mol. The maximum Gasteiger partial charge on any atom is 0.244 e. The van der Waals surface area contributed by atoms with Gasteiger partial charge in [0.2, 0.25) is 5.91 Å². The summed E-state index contributed by atoms with van der Waals surface area (Å²) in [5.41, 5.74) is 3.62. The summed E-state index contributed by atoms with van der Waals surface area (Å²) < 4.78 is 0. The van der Waals surface area contributed by atoms with Crippen LogP contribution in [-0.2, 0) is 4.79 Å². The molecule has 1 amide bonds. The normalized spacial score (nSPS) is 24.0. The molecule has 0 aromatic heterocycles. The molecular weight excluding hydrogens is 260 g/mol. The van der Waals surface area contributed by atoms with Crippen LogP contribution in [0.1, 0.15) is 56.5 Å². The zero-order valence-corrected chi connectivity index (χ0v) is 13.8. The molecule has 21 heavy (non-hydrogen) atoms. The largest absolute Gasteiger partial charge is 0.321 e. The number of aryl methyl sites for hydroxylation is 2. The molecule has 1 aliphatic carbocycles. The van der Waals surface area contributed by atoms with Crippen LogP contribution in [0.3, 0.4) is 0 Å². The van der Waals surface area contributed by atoms with Gasteiger partial charge in [-0.25, -0.2) is 0 Å². The lowest BCUT2D eigenvalue weighted by Gasteiger charge is -2.32. The highest BCUT2D eigenvalue weighted by atomic mass is 16.2. The minimum Gasteiger partial charge on any atom is -0.321 e. The van der Waals surface area contributed by atoms with E-state index in [1.54, 1.807) is 0 Å². The van der Waals surface area contributed by atoms with Crippen molar-refractivity contribution in [2.45, 2.75) is 59.2 Å². The van der Waals surface area contributed by atoms with Crippen LogP contribution in [0.4, 0.5) is 0 Å². The number of benzene rings is 1. The topological polar surface area (TPSA) is 32.3 Å². The Bertz CT molecular complexity index is 581. The molecule has 3 heteroatoms. The highest BCUT2D eigenvalue weighted by Crippen LogP contribution is 2.47. The third-order valence-corrected chi connectivity index (χ3v) is 4.51. The average Bonchev–Trinajstić information content (AvgIpc) is 3.08. The van der Waals surface area contributed by atoms with Gasteiger partial charge in [0, 0.05) is 6.54 Å². The Kier molecular flexibility index (Phi) is 3.17. The number of rotatable bonds is 2. The molecule has 3 rings (SSSR count). The summed E-state index contributed by atoms with van der Waals surface area (Å²) in [6.45, 7) is 11.6. The Hall–Kier alpha value is -1.35. The summed E-state index contributed by atoms with van der Waals surface area (Å²) >= 11 is 0. The molecule has 1 unspecified atom stereocenters. The number of nitrogens with one attached hydrogen (secondary N) is 1. The van der Waals surface area contributed by atoms with Crippen LogP contribution in [0.15, 0.2) is 18.2 Å². The molecule has 2 fully saturated rings. The molecule has 1 N–H and O–H groups in total. The lowest BCUT2D eigenvalue weighted by Crippen LogP contribution is -2.38. The minimum atomic E-state index is -0.257. The van der Waals surface area contributed by atoms with Gasteiger partial charge in [-0.3, -0.25) is 10.1 Å². The number of carbonyl (C=O) groups excluding carboxylic acids is 1. The number of hydrogen-bond acceptors (Lipinski definition) is 2. The van der Waals surface area contributed by atoms with E-state index in [-0.39, 0.29) is 17.1 Å². The first kappa shape index (κ1) is 14.6. The van der Waals surface area contributed by atoms with Crippen LogP contribution in [0.2, 0.25) is 0 Å². The van der Waals surface area contributed by atoms with Gasteiger partial charge in [-0.05, 0) is 43.2 Å². The van der Waals surface area contributed by atoms with Gasteiger partial charge in [-0.15, -0.1) is 0 Å². The third-order valence-electron chi connectivity index (χ3n) is 4.51. The Morgan fingerprint density at radius 1 is 1.29 bits per heavy atom. The van der Waals surface area contributed by atoms with Crippen molar-refractivity contribution in [1.82, 2.24) is 10.2 Å². The maximum absolute atomic E-state index is 12.8. The minimum absolute atomic E-state index is 0.0276. The van der Waals surface area contributed by atoms with E-state index in [0.717, 1.165) is 19.4 Å². The fourth-order valence-electron chi connectivity index (χ4n) is 3.33. The Morgan fingerprint density at radius 2 is 1.95 bits per heavy atom. The van der Waals surface area contributed by atoms with E-state index < -0.39 is 0 Å². The van der Waals surface area contributed by atoms with E-state index >= 15 is 0 Å². The SMILES string of the molecule is Cc1ccc(C2NC3(CC3)C(=O)N2CC(C)(C)C)c(C)c1. The Labute approximate surface area is 127 Å². The monoisotopic (exact) mass is 286 g/mol. The molecule has 3 nitrogen and oxygen atoms in total. The summed E-state index contributed by atoms with van der Waals surface area (Å²) in [5.74, 6) is 0.294. The Balaban J connectivity index is 1.96. The zero-order valence-electron chi connectivity index (χ0n) is 13.8. The van der Waals surface area contributed by atoms with Gasteiger partial charge in [-0.2, -0.15) is 0 Å². The molecule has 1 saturated heterocycles. The van der Waals surface area contributed by atoms with E-state index in [1.807, 2.05) is 0 Å². The molecule has 1 heterocycles. The molecule has 1 aromatic rings. The third kappa shape index (κ3) is 2.59.